The second kappa shape index (κ2) is 13.4. The van der Waals surface area contributed by atoms with Crippen LogP contribution in [-0.4, -0.2) is 53.7 Å². The summed E-state index contributed by atoms with van der Waals surface area (Å²) in [6.45, 7) is 5.35. The van der Waals surface area contributed by atoms with Crippen molar-refractivity contribution in [2.45, 2.75) is 64.2 Å². The van der Waals surface area contributed by atoms with Gasteiger partial charge in [0.1, 0.15) is 0 Å². The van der Waals surface area contributed by atoms with Crippen LogP contribution in [0.1, 0.15) is 57.6 Å². The van der Waals surface area contributed by atoms with E-state index in [2.05, 4.69) is 0 Å². The maximum atomic E-state index is 14.4. The van der Waals surface area contributed by atoms with Gasteiger partial charge < -0.3 is 14.6 Å². The van der Waals surface area contributed by atoms with Crippen molar-refractivity contribution in [1.29, 1.82) is 0 Å². The number of aryl methyl sites for hydroxylation is 1. The lowest BCUT2D eigenvalue weighted by Crippen LogP contribution is -2.35. The van der Waals surface area contributed by atoms with Gasteiger partial charge in [-0.15, -0.1) is 11.8 Å². The molecular formula is C23H32F2O6S. The van der Waals surface area contributed by atoms with Gasteiger partial charge in [-0.3, -0.25) is 14.4 Å². The summed E-state index contributed by atoms with van der Waals surface area (Å²) in [4.78, 5) is 34.9. The minimum Gasteiger partial charge on any atom is -0.481 e. The number of carbonyl (C=O) groups excluding carboxylic acids is 2. The Balaban J connectivity index is 2.74. The highest BCUT2D eigenvalue weighted by Gasteiger charge is 2.39. The molecule has 0 aliphatic carbocycles. The smallest absolute Gasteiger partial charge is 0.315 e. The predicted molar refractivity (Wildman–Crippen MR) is 119 cm³/mol. The van der Waals surface area contributed by atoms with E-state index in [-0.39, 0.29) is 43.5 Å². The van der Waals surface area contributed by atoms with Crippen LogP contribution in [0.2, 0.25) is 0 Å². The van der Waals surface area contributed by atoms with Gasteiger partial charge in [0.2, 0.25) is 5.92 Å². The van der Waals surface area contributed by atoms with Crippen LogP contribution in [0.4, 0.5) is 8.78 Å². The molecule has 0 aliphatic heterocycles. The summed E-state index contributed by atoms with van der Waals surface area (Å²) in [5, 5.41) is 9.81. The number of ether oxygens (including phenoxy) is 2. The fourth-order valence-corrected chi connectivity index (χ4v) is 3.90. The molecule has 0 radical (unpaired) electrons. The van der Waals surface area contributed by atoms with Crippen LogP contribution in [0.15, 0.2) is 24.3 Å². The third-order valence-electron chi connectivity index (χ3n) is 5.09. The van der Waals surface area contributed by atoms with Crippen LogP contribution >= 0.6 is 11.8 Å². The zero-order valence-corrected chi connectivity index (χ0v) is 19.6. The Morgan fingerprint density at radius 3 is 2.31 bits per heavy atom. The molecule has 0 bridgehead atoms. The normalized spacial score (nSPS) is 13.3. The van der Waals surface area contributed by atoms with E-state index in [4.69, 9.17) is 9.47 Å². The largest absolute Gasteiger partial charge is 0.481 e. The molecule has 1 unspecified atom stereocenters. The first-order valence-corrected chi connectivity index (χ1v) is 11.8. The molecule has 0 aliphatic rings. The average molecular weight is 475 g/mol. The summed E-state index contributed by atoms with van der Waals surface area (Å²) in [6.07, 6.45) is -0.771. The van der Waals surface area contributed by atoms with E-state index in [1.807, 2.05) is 0 Å². The van der Waals surface area contributed by atoms with Crippen molar-refractivity contribution in [3.05, 3.63) is 35.4 Å². The Morgan fingerprint density at radius 2 is 1.69 bits per heavy atom. The highest BCUT2D eigenvalue weighted by molar-refractivity contribution is 7.99. The van der Waals surface area contributed by atoms with Crippen LogP contribution in [0.3, 0.4) is 0 Å². The van der Waals surface area contributed by atoms with E-state index in [1.54, 1.807) is 38.1 Å². The SMILES string of the molecule is CCOC(=O)CCc1cccc(C(C)(CCC(F)(F)CCSCC(=O)OCC)C(=O)O)c1. The molecule has 9 heteroatoms. The number of alkyl halides is 2. The minimum atomic E-state index is -3.06. The monoisotopic (exact) mass is 474 g/mol. The first-order chi connectivity index (χ1) is 15.0. The van der Waals surface area contributed by atoms with E-state index in [0.29, 0.717) is 12.0 Å². The summed E-state index contributed by atoms with van der Waals surface area (Å²) in [5.74, 6) is -4.96. The third-order valence-corrected chi connectivity index (χ3v) is 6.02. The van der Waals surface area contributed by atoms with Crippen LogP contribution < -0.4 is 0 Å². The Hall–Kier alpha value is -2.16. The number of hydrogen-bond donors (Lipinski definition) is 1. The van der Waals surface area contributed by atoms with E-state index >= 15 is 0 Å². The van der Waals surface area contributed by atoms with Crippen molar-refractivity contribution in [1.82, 2.24) is 0 Å². The molecule has 1 aromatic rings. The molecule has 0 heterocycles. The summed E-state index contributed by atoms with van der Waals surface area (Å²) < 4.78 is 38.4. The highest BCUT2D eigenvalue weighted by atomic mass is 32.2. The first kappa shape index (κ1) is 27.9. The lowest BCUT2D eigenvalue weighted by molar-refractivity contribution is -0.144. The third kappa shape index (κ3) is 9.54. The summed E-state index contributed by atoms with van der Waals surface area (Å²) in [7, 11) is 0. The standard InChI is InChI=1S/C23H32F2O6S/c1-4-30-19(26)10-9-17-7-6-8-18(15-17)22(3,21(28)29)11-12-23(24,25)13-14-32-16-20(27)31-5-2/h6-8,15H,4-5,9-14,16H2,1-3H3,(H,28,29). The van der Waals surface area contributed by atoms with Crippen molar-refractivity contribution >= 4 is 29.7 Å². The van der Waals surface area contributed by atoms with Crippen LogP contribution in [0, 0.1) is 0 Å². The fraction of sp³-hybridized carbons (Fsp3) is 0.609. The molecule has 1 atom stereocenters. The zero-order chi connectivity index (χ0) is 24.2. The summed E-state index contributed by atoms with van der Waals surface area (Å²) in [6, 6.07) is 6.69. The molecule has 6 nitrogen and oxygen atoms in total. The number of halogens is 2. The number of carboxylic acids is 1. The summed E-state index contributed by atoms with van der Waals surface area (Å²) >= 11 is 1.07. The Kier molecular flexibility index (Phi) is 11.7. The molecule has 1 aromatic carbocycles. The van der Waals surface area contributed by atoms with Gasteiger partial charge in [0.25, 0.3) is 0 Å². The van der Waals surface area contributed by atoms with Gasteiger partial charge in [-0.25, -0.2) is 8.78 Å². The Morgan fingerprint density at radius 1 is 1.03 bits per heavy atom. The minimum absolute atomic E-state index is 0.00928. The molecule has 0 spiro atoms. The van der Waals surface area contributed by atoms with Gasteiger partial charge in [-0.2, -0.15) is 0 Å². The van der Waals surface area contributed by atoms with Crippen molar-refractivity contribution in [2.24, 2.45) is 0 Å². The number of carboxylic acid groups (broad SMARTS) is 1. The van der Waals surface area contributed by atoms with Gasteiger partial charge >= 0.3 is 17.9 Å². The van der Waals surface area contributed by atoms with Crippen LogP contribution in [0.25, 0.3) is 0 Å². The zero-order valence-electron chi connectivity index (χ0n) is 18.8. The van der Waals surface area contributed by atoms with Crippen LogP contribution in [-0.2, 0) is 35.7 Å². The van der Waals surface area contributed by atoms with Crippen molar-refractivity contribution in [2.75, 3.05) is 24.7 Å². The topological polar surface area (TPSA) is 89.9 Å². The Labute approximate surface area is 192 Å². The number of benzene rings is 1. The number of carbonyl (C=O) groups is 3. The molecule has 0 saturated heterocycles. The van der Waals surface area contributed by atoms with Gasteiger partial charge in [0, 0.05) is 19.3 Å². The molecule has 32 heavy (non-hydrogen) atoms. The quantitative estimate of drug-likeness (QED) is 0.293. The average Bonchev–Trinajstić information content (AvgIpc) is 2.74. The van der Waals surface area contributed by atoms with Crippen LogP contribution in [0.5, 0.6) is 0 Å². The molecule has 0 aromatic heterocycles. The molecule has 0 saturated carbocycles. The number of hydrogen-bond acceptors (Lipinski definition) is 6. The van der Waals surface area contributed by atoms with Gasteiger partial charge in [0.15, 0.2) is 0 Å². The maximum Gasteiger partial charge on any atom is 0.315 e. The second-order valence-corrected chi connectivity index (χ2v) is 8.71. The fourth-order valence-electron chi connectivity index (χ4n) is 3.06. The second-order valence-electron chi connectivity index (χ2n) is 7.61. The van der Waals surface area contributed by atoms with E-state index in [0.717, 1.165) is 17.3 Å². The number of esters is 2. The number of thioether (sulfide) groups is 1. The molecule has 180 valence electrons. The summed E-state index contributed by atoms with van der Waals surface area (Å²) in [5.41, 5.74) is -0.342. The Bertz CT molecular complexity index is 771. The van der Waals surface area contributed by atoms with E-state index in [9.17, 15) is 28.3 Å². The van der Waals surface area contributed by atoms with E-state index < -0.39 is 36.1 Å². The van der Waals surface area contributed by atoms with Gasteiger partial charge in [0.05, 0.1) is 24.4 Å². The molecular weight excluding hydrogens is 442 g/mol. The van der Waals surface area contributed by atoms with Crippen molar-refractivity contribution in [3.63, 3.8) is 0 Å². The highest BCUT2D eigenvalue weighted by Crippen LogP contribution is 2.36. The van der Waals surface area contributed by atoms with Gasteiger partial charge in [-0.05, 0) is 50.5 Å². The first-order valence-electron chi connectivity index (χ1n) is 10.6. The molecule has 0 fully saturated rings. The predicted octanol–water partition coefficient (Wildman–Crippen LogP) is 4.63. The molecule has 1 rings (SSSR count). The molecule has 1 N–H and O–H groups in total. The number of rotatable bonds is 15. The number of aliphatic carboxylic acids is 1. The van der Waals surface area contributed by atoms with Gasteiger partial charge in [-0.1, -0.05) is 24.3 Å². The maximum absolute atomic E-state index is 14.4. The lowest BCUT2D eigenvalue weighted by Gasteiger charge is -2.28. The van der Waals surface area contributed by atoms with Crippen molar-refractivity contribution in [3.8, 4) is 0 Å². The lowest BCUT2D eigenvalue weighted by atomic mass is 9.77. The van der Waals surface area contributed by atoms with E-state index in [1.165, 1.54) is 6.92 Å². The van der Waals surface area contributed by atoms with Crippen molar-refractivity contribution < 1.29 is 37.7 Å². The molecule has 0 amide bonds.